The molecule has 4 atom stereocenters. The number of carbonyl (C=O) groups is 3. The molecular formula is C45H54N8O5. The SMILES string of the molecule is COC(=O)N[C@H](C(=O)N1CCC[C@H]1c1ncc(-c2ccc(-c3ccc4cc(-c5cnc([C@@H]6CCCN6C(=O)[C@@H](N)C6CCOCC6)[nH]5)ccc4c3)c(C)c2)[nH]1)C(C)C. The van der Waals surface area contributed by atoms with Crippen LogP contribution in [0.1, 0.15) is 81.7 Å². The third kappa shape index (κ3) is 7.85. The van der Waals surface area contributed by atoms with Crippen molar-refractivity contribution >= 4 is 28.7 Å². The van der Waals surface area contributed by atoms with Crippen molar-refractivity contribution in [2.45, 2.75) is 83.5 Å². The van der Waals surface area contributed by atoms with Crippen LogP contribution < -0.4 is 11.1 Å². The number of methoxy groups -OCH3 is 1. The fraction of sp³-hybridized carbons (Fsp3) is 0.444. The van der Waals surface area contributed by atoms with Crippen molar-refractivity contribution in [1.82, 2.24) is 35.1 Å². The van der Waals surface area contributed by atoms with Crippen LogP contribution in [-0.4, -0.2) is 93.1 Å². The highest BCUT2D eigenvalue weighted by Crippen LogP contribution is 2.36. The molecule has 58 heavy (non-hydrogen) atoms. The molecule has 0 bridgehead atoms. The smallest absolute Gasteiger partial charge is 0.407 e. The molecule has 304 valence electrons. The lowest BCUT2D eigenvalue weighted by Gasteiger charge is -2.32. The van der Waals surface area contributed by atoms with Crippen molar-refractivity contribution in [2.24, 2.45) is 17.6 Å². The van der Waals surface area contributed by atoms with Crippen LogP contribution in [0.15, 0.2) is 67.0 Å². The van der Waals surface area contributed by atoms with Gasteiger partial charge in [0.1, 0.15) is 17.7 Å². The van der Waals surface area contributed by atoms with Gasteiger partial charge in [-0.1, -0.05) is 50.2 Å². The Morgan fingerprint density at radius 3 is 1.93 bits per heavy atom. The molecule has 3 saturated heterocycles. The molecule has 3 aromatic carbocycles. The molecule has 5 N–H and O–H groups in total. The molecule has 13 heteroatoms. The van der Waals surface area contributed by atoms with Crippen LogP contribution in [0.4, 0.5) is 4.79 Å². The Hall–Kier alpha value is -5.53. The second-order valence-electron chi connectivity index (χ2n) is 16.4. The number of nitrogens with two attached hydrogens (primary N) is 1. The van der Waals surface area contributed by atoms with Crippen LogP contribution >= 0.6 is 0 Å². The molecule has 8 rings (SSSR count). The lowest BCUT2D eigenvalue weighted by atomic mass is 9.91. The summed E-state index contributed by atoms with van der Waals surface area (Å²) in [4.78, 5) is 59.4. The number of aryl methyl sites for hydroxylation is 1. The molecule has 0 saturated carbocycles. The average Bonchev–Trinajstić information content (AvgIpc) is 4.09. The van der Waals surface area contributed by atoms with Crippen molar-refractivity contribution < 1.29 is 23.9 Å². The summed E-state index contributed by atoms with van der Waals surface area (Å²) in [6.07, 6.45) is 8.18. The van der Waals surface area contributed by atoms with Crippen molar-refractivity contribution in [2.75, 3.05) is 33.4 Å². The van der Waals surface area contributed by atoms with Gasteiger partial charge in [-0.05, 0) is 109 Å². The molecule has 5 heterocycles. The van der Waals surface area contributed by atoms with Crippen LogP contribution in [-0.2, 0) is 19.1 Å². The summed E-state index contributed by atoms with van der Waals surface area (Å²) in [6.45, 7) is 8.57. The molecule has 5 aromatic rings. The molecule has 0 spiro atoms. The van der Waals surface area contributed by atoms with Crippen LogP contribution in [0.2, 0.25) is 0 Å². The van der Waals surface area contributed by atoms with Crippen molar-refractivity contribution in [3.05, 3.63) is 84.2 Å². The van der Waals surface area contributed by atoms with E-state index in [9.17, 15) is 14.4 Å². The highest BCUT2D eigenvalue weighted by molar-refractivity contribution is 5.91. The van der Waals surface area contributed by atoms with E-state index in [2.05, 4.69) is 76.8 Å². The van der Waals surface area contributed by atoms with Gasteiger partial charge in [-0.2, -0.15) is 0 Å². The van der Waals surface area contributed by atoms with Crippen LogP contribution in [0.5, 0.6) is 0 Å². The largest absolute Gasteiger partial charge is 0.453 e. The summed E-state index contributed by atoms with van der Waals surface area (Å²) in [5, 5.41) is 4.97. The van der Waals surface area contributed by atoms with E-state index in [1.807, 2.05) is 36.0 Å². The van der Waals surface area contributed by atoms with Crippen molar-refractivity contribution in [3.63, 3.8) is 0 Å². The minimum absolute atomic E-state index is 0.0167. The summed E-state index contributed by atoms with van der Waals surface area (Å²) in [5.74, 6) is 1.49. The van der Waals surface area contributed by atoms with Gasteiger partial charge in [-0.3, -0.25) is 9.59 Å². The number of carbonyl (C=O) groups excluding carboxylic acids is 3. The number of alkyl carbamates (subject to hydrolysis) is 1. The fourth-order valence-electron chi connectivity index (χ4n) is 9.02. The quantitative estimate of drug-likeness (QED) is 0.117. The maximum atomic E-state index is 13.6. The zero-order valence-corrected chi connectivity index (χ0v) is 33.8. The number of rotatable bonds is 10. The Balaban J connectivity index is 0.951. The van der Waals surface area contributed by atoms with Gasteiger partial charge >= 0.3 is 6.09 Å². The number of fused-ring (bicyclic) bond motifs is 1. The summed E-state index contributed by atoms with van der Waals surface area (Å²) in [7, 11) is 1.30. The second kappa shape index (κ2) is 16.8. The molecule has 2 aromatic heterocycles. The Kier molecular flexibility index (Phi) is 11.4. The number of ether oxygens (including phenoxy) is 2. The molecule has 0 unspecified atom stereocenters. The Morgan fingerprint density at radius 2 is 1.34 bits per heavy atom. The number of H-pyrrole nitrogens is 2. The first-order chi connectivity index (χ1) is 28.1. The number of nitrogens with one attached hydrogen (secondary N) is 3. The lowest BCUT2D eigenvalue weighted by molar-refractivity contribution is -0.136. The normalized spacial score (nSPS) is 19.8. The lowest BCUT2D eigenvalue weighted by Crippen LogP contribution is -2.51. The molecule has 3 amide bonds. The maximum absolute atomic E-state index is 13.6. The Morgan fingerprint density at radius 1 is 0.793 bits per heavy atom. The number of aromatic nitrogens is 4. The zero-order chi connectivity index (χ0) is 40.5. The third-order valence-corrected chi connectivity index (χ3v) is 12.3. The summed E-state index contributed by atoms with van der Waals surface area (Å²) < 4.78 is 10.3. The summed E-state index contributed by atoms with van der Waals surface area (Å²) in [5.41, 5.74) is 13.8. The Bertz CT molecular complexity index is 2290. The van der Waals surface area contributed by atoms with Gasteiger partial charge in [0.15, 0.2) is 0 Å². The highest BCUT2D eigenvalue weighted by atomic mass is 16.5. The molecule has 0 radical (unpaired) electrons. The van der Waals surface area contributed by atoms with Gasteiger partial charge < -0.3 is 40.3 Å². The van der Waals surface area contributed by atoms with Crippen molar-refractivity contribution in [3.8, 4) is 33.6 Å². The van der Waals surface area contributed by atoms with E-state index >= 15 is 0 Å². The Labute approximate surface area is 339 Å². The van der Waals surface area contributed by atoms with Crippen LogP contribution in [0, 0.1) is 18.8 Å². The molecule has 13 nitrogen and oxygen atoms in total. The van der Waals surface area contributed by atoms with Gasteiger partial charge in [-0.25, -0.2) is 14.8 Å². The van der Waals surface area contributed by atoms with Crippen LogP contribution in [0.3, 0.4) is 0 Å². The van der Waals surface area contributed by atoms with Gasteiger partial charge in [-0.15, -0.1) is 0 Å². The topological polar surface area (TPSA) is 172 Å². The van der Waals surface area contributed by atoms with Gasteiger partial charge in [0.2, 0.25) is 11.8 Å². The predicted octanol–water partition coefficient (Wildman–Crippen LogP) is 7.06. The van der Waals surface area contributed by atoms with E-state index in [1.165, 1.54) is 7.11 Å². The minimum Gasteiger partial charge on any atom is -0.453 e. The minimum atomic E-state index is -0.681. The van der Waals surface area contributed by atoms with E-state index in [0.717, 1.165) is 100 Å². The maximum Gasteiger partial charge on any atom is 0.407 e. The number of hydrogen-bond donors (Lipinski definition) is 4. The number of hydrogen-bond acceptors (Lipinski definition) is 8. The monoisotopic (exact) mass is 786 g/mol. The van der Waals surface area contributed by atoms with Gasteiger partial charge in [0.25, 0.3) is 0 Å². The average molecular weight is 787 g/mol. The second-order valence-corrected chi connectivity index (χ2v) is 16.4. The van der Waals surface area contributed by atoms with E-state index < -0.39 is 18.2 Å². The first kappa shape index (κ1) is 39.3. The fourth-order valence-corrected chi connectivity index (χ4v) is 9.02. The predicted molar refractivity (Wildman–Crippen MR) is 222 cm³/mol. The first-order valence-corrected chi connectivity index (χ1v) is 20.6. The molecule has 3 fully saturated rings. The van der Waals surface area contributed by atoms with Crippen molar-refractivity contribution in [1.29, 1.82) is 0 Å². The number of nitrogens with zero attached hydrogens (tertiary/aromatic N) is 4. The highest BCUT2D eigenvalue weighted by Gasteiger charge is 2.39. The van der Waals surface area contributed by atoms with Gasteiger partial charge in [0.05, 0.1) is 49.0 Å². The number of aromatic amines is 2. The third-order valence-electron chi connectivity index (χ3n) is 12.3. The van der Waals surface area contributed by atoms with Gasteiger partial charge in [0, 0.05) is 31.9 Å². The van der Waals surface area contributed by atoms with E-state index in [0.29, 0.717) is 26.3 Å². The molecule has 0 aliphatic carbocycles. The number of likely N-dealkylation sites (tertiary alicyclic amines) is 2. The van der Waals surface area contributed by atoms with Crippen LogP contribution in [0.25, 0.3) is 44.4 Å². The molecule has 3 aliphatic rings. The standard InChI is InChI=1S/C45H54N8O5/c1-26(2)40(51-45(56)57-4)44(55)53-18-6-8-38(53)42-47-24-35(49-42)32-13-14-34(27(3)21-32)31-11-9-30-23-33(12-10-29(30)22-31)36-25-48-41(50-36)37-7-5-17-52(37)43(54)39(46)28-15-19-58-20-16-28/h9-14,21-26,28,37-40H,5-8,15-20,46H2,1-4H3,(H,47,49)(H,48,50)(H,51,56)/t37-,38-,39-,40-/m0/s1. The van der Waals surface area contributed by atoms with E-state index in [-0.39, 0.29) is 35.7 Å². The number of amides is 3. The zero-order valence-electron chi connectivity index (χ0n) is 33.8. The molecular weight excluding hydrogens is 733 g/mol. The summed E-state index contributed by atoms with van der Waals surface area (Å²) >= 11 is 0. The summed E-state index contributed by atoms with van der Waals surface area (Å²) in [6, 6.07) is 17.9. The van der Waals surface area contributed by atoms with E-state index in [1.54, 1.807) is 0 Å². The number of benzene rings is 3. The van der Waals surface area contributed by atoms with E-state index in [4.69, 9.17) is 25.2 Å². The molecule has 3 aliphatic heterocycles. The first-order valence-electron chi connectivity index (χ1n) is 20.6. The number of imidazole rings is 2.